The van der Waals surface area contributed by atoms with Crippen molar-refractivity contribution in [2.75, 3.05) is 26.8 Å². The van der Waals surface area contributed by atoms with Crippen LogP contribution in [-0.2, 0) is 11.3 Å². The molecule has 0 spiro atoms. The second kappa shape index (κ2) is 7.73. The summed E-state index contributed by atoms with van der Waals surface area (Å²) in [5.41, 5.74) is 7.71. The van der Waals surface area contributed by atoms with Crippen LogP contribution in [0.5, 0.6) is 5.75 Å². The number of ether oxygens (including phenoxy) is 2. The maximum Gasteiger partial charge on any atom is 0.129 e. The van der Waals surface area contributed by atoms with Gasteiger partial charge in [-0.05, 0) is 44.0 Å². The van der Waals surface area contributed by atoms with Crippen LogP contribution in [0, 0.1) is 0 Å². The minimum Gasteiger partial charge on any atom is -0.496 e. The smallest absolute Gasteiger partial charge is 0.129 e. The van der Waals surface area contributed by atoms with E-state index < -0.39 is 0 Å². The number of methoxy groups -OCH3 is 1. The van der Waals surface area contributed by atoms with Crippen LogP contribution >= 0.6 is 12.2 Å². The topological polar surface area (TPSA) is 47.7 Å². The Morgan fingerprint density at radius 1 is 1.48 bits per heavy atom. The monoisotopic (exact) mass is 308 g/mol. The van der Waals surface area contributed by atoms with Crippen molar-refractivity contribution < 1.29 is 9.47 Å². The van der Waals surface area contributed by atoms with Gasteiger partial charge < -0.3 is 15.2 Å². The average molecular weight is 308 g/mol. The van der Waals surface area contributed by atoms with Gasteiger partial charge in [-0.2, -0.15) is 0 Å². The van der Waals surface area contributed by atoms with Crippen molar-refractivity contribution in [1.82, 2.24) is 4.90 Å². The van der Waals surface area contributed by atoms with Gasteiger partial charge in [-0.1, -0.05) is 18.3 Å². The lowest BCUT2D eigenvalue weighted by Gasteiger charge is -2.32. The molecule has 1 atom stereocenters. The Hall–Kier alpha value is -1.17. The molecule has 1 saturated heterocycles. The fraction of sp³-hybridized carbons (Fsp3) is 0.562. The molecule has 0 aliphatic carbocycles. The minimum atomic E-state index is 0.363. The zero-order valence-electron chi connectivity index (χ0n) is 12.8. The van der Waals surface area contributed by atoms with Gasteiger partial charge in [-0.3, -0.25) is 4.90 Å². The predicted molar refractivity (Wildman–Crippen MR) is 88.8 cm³/mol. The zero-order chi connectivity index (χ0) is 15.2. The average Bonchev–Trinajstić information content (AvgIpc) is 2.47. The minimum absolute atomic E-state index is 0.363. The molecule has 2 rings (SSSR count). The molecule has 1 fully saturated rings. The number of nitrogens with two attached hydrogens (primary N) is 1. The summed E-state index contributed by atoms with van der Waals surface area (Å²) in [6, 6.07) is 6.04. The van der Waals surface area contributed by atoms with E-state index in [2.05, 4.69) is 17.9 Å². The molecule has 5 heteroatoms. The Balaban J connectivity index is 2.04. The number of hydrogen-bond donors (Lipinski definition) is 1. The molecule has 0 radical (unpaired) electrons. The number of hydrogen-bond acceptors (Lipinski definition) is 4. The summed E-state index contributed by atoms with van der Waals surface area (Å²) in [7, 11) is 1.65. The number of thiocarbonyl (C=S) groups is 1. The third kappa shape index (κ3) is 4.40. The lowest BCUT2D eigenvalue weighted by atomic mass is 10.1. The van der Waals surface area contributed by atoms with Crippen molar-refractivity contribution in [3.05, 3.63) is 29.3 Å². The molecule has 21 heavy (non-hydrogen) atoms. The molecule has 1 aromatic carbocycles. The first-order valence-corrected chi connectivity index (χ1v) is 7.85. The number of piperidine rings is 1. The summed E-state index contributed by atoms with van der Waals surface area (Å²) in [4.78, 5) is 2.80. The second-order valence-electron chi connectivity index (χ2n) is 5.35. The number of likely N-dealkylation sites (tertiary alicyclic amines) is 1. The summed E-state index contributed by atoms with van der Waals surface area (Å²) >= 11 is 5.04. The Bertz CT molecular complexity index is 491. The van der Waals surface area contributed by atoms with Gasteiger partial charge in [0.25, 0.3) is 0 Å². The molecule has 1 aromatic rings. The third-order valence-corrected chi connectivity index (χ3v) is 4.02. The zero-order valence-corrected chi connectivity index (χ0v) is 13.6. The van der Waals surface area contributed by atoms with Crippen molar-refractivity contribution in [1.29, 1.82) is 0 Å². The second-order valence-corrected chi connectivity index (χ2v) is 5.79. The summed E-state index contributed by atoms with van der Waals surface area (Å²) in [5, 5.41) is 0. The highest BCUT2D eigenvalue weighted by Gasteiger charge is 2.20. The van der Waals surface area contributed by atoms with Crippen LogP contribution in [0.3, 0.4) is 0 Å². The standard InChI is InChI=1S/C16H24N2O2S/c1-3-20-13-5-4-8-18(11-13)10-12-6-7-14(16(17)21)15(9-12)19-2/h6-7,9,13H,3-5,8,10-11H2,1-2H3,(H2,17,21). The van der Waals surface area contributed by atoms with E-state index in [1.807, 2.05) is 12.1 Å². The number of nitrogens with zero attached hydrogens (tertiary/aromatic N) is 1. The van der Waals surface area contributed by atoms with Crippen molar-refractivity contribution in [3.8, 4) is 5.75 Å². The van der Waals surface area contributed by atoms with E-state index in [1.165, 1.54) is 12.0 Å². The first-order chi connectivity index (χ1) is 10.1. The summed E-state index contributed by atoms with van der Waals surface area (Å²) in [5.74, 6) is 0.748. The largest absolute Gasteiger partial charge is 0.496 e. The summed E-state index contributed by atoms with van der Waals surface area (Å²) in [6.45, 7) is 5.85. The van der Waals surface area contributed by atoms with E-state index in [4.69, 9.17) is 27.4 Å². The van der Waals surface area contributed by atoms with Crippen LogP contribution < -0.4 is 10.5 Å². The van der Waals surface area contributed by atoms with Crippen molar-refractivity contribution in [2.45, 2.75) is 32.4 Å². The molecular weight excluding hydrogens is 284 g/mol. The van der Waals surface area contributed by atoms with Crippen LogP contribution in [0.2, 0.25) is 0 Å². The van der Waals surface area contributed by atoms with Crippen LogP contribution in [0.4, 0.5) is 0 Å². The van der Waals surface area contributed by atoms with Gasteiger partial charge in [0, 0.05) is 19.7 Å². The van der Waals surface area contributed by atoms with Gasteiger partial charge in [0.2, 0.25) is 0 Å². The molecule has 0 saturated carbocycles. The van der Waals surface area contributed by atoms with Gasteiger partial charge in [-0.25, -0.2) is 0 Å². The van der Waals surface area contributed by atoms with Gasteiger partial charge in [0.05, 0.1) is 18.8 Å². The molecule has 0 bridgehead atoms. The van der Waals surface area contributed by atoms with E-state index in [1.54, 1.807) is 7.11 Å². The maximum absolute atomic E-state index is 5.75. The number of rotatable bonds is 6. The first-order valence-electron chi connectivity index (χ1n) is 7.44. The molecule has 1 heterocycles. The Kier molecular flexibility index (Phi) is 5.96. The van der Waals surface area contributed by atoms with Crippen LogP contribution in [-0.4, -0.2) is 42.8 Å². The van der Waals surface area contributed by atoms with Crippen LogP contribution in [0.15, 0.2) is 18.2 Å². The van der Waals surface area contributed by atoms with E-state index in [-0.39, 0.29) is 0 Å². The third-order valence-electron chi connectivity index (χ3n) is 3.80. The quantitative estimate of drug-likeness (QED) is 0.817. The van der Waals surface area contributed by atoms with E-state index in [0.717, 1.165) is 44.0 Å². The molecule has 4 nitrogen and oxygen atoms in total. The van der Waals surface area contributed by atoms with E-state index >= 15 is 0 Å². The number of benzene rings is 1. The van der Waals surface area contributed by atoms with Crippen LogP contribution in [0.25, 0.3) is 0 Å². The van der Waals surface area contributed by atoms with E-state index in [9.17, 15) is 0 Å². The summed E-state index contributed by atoms with van der Waals surface area (Å²) < 4.78 is 11.1. The van der Waals surface area contributed by atoms with Gasteiger partial charge in [0.1, 0.15) is 10.7 Å². The molecule has 2 N–H and O–H groups in total. The van der Waals surface area contributed by atoms with Crippen molar-refractivity contribution in [3.63, 3.8) is 0 Å². The molecule has 1 aliphatic heterocycles. The van der Waals surface area contributed by atoms with Crippen molar-refractivity contribution >= 4 is 17.2 Å². The molecular formula is C16H24N2O2S. The Labute approximate surface area is 132 Å². The fourth-order valence-electron chi connectivity index (χ4n) is 2.82. The predicted octanol–water partition coefficient (Wildman–Crippen LogP) is 2.33. The van der Waals surface area contributed by atoms with Gasteiger partial charge >= 0.3 is 0 Å². The Morgan fingerprint density at radius 2 is 2.29 bits per heavy atom. The highest BCUT2D eigenvalue weighted by Crippen LogP contribution is 2.22. The summed E-state index contributed by atoms with van der Waals surface area (Å²) in [6.07, 6.45) is 2.71. The normalized spacial score (nSPS) is 19.4. The van der Waals surface area contributed by atoms with Gasteiger partial charge in [0.15, 0.2) is 0 Å². The Morgan fingerprint density at radius 3 is 2.95 bits per heavy atom. The highest BCUT2D eigenvalue weighted by molar-refractivity contribution is 7.80. The molecule has 116 valence electrons. The molecule has 0 aromatic heterocycles. The lowest BCUT2D eigenvalue weighted by Crippen LogP contribution is -2.39. The molecule has 1 aliphatic rings. The highest BCUT2D eigenvalue weighted by atomic mass is 32.1. The SMILES string of the molecule is CCOC1CCCN(Cc2ccc(C(N)=S)c(OC)c2)C1. The van der Waals surface area contributed by atoms with E-state index in [0.29, 0.717) is 11.1 Å². The van der Waals surface area contributed by atoms with Crippen molar-refractivity contribution in [2.24, 2.45) is 5.73 Å². The van der Waals surface area contributed by atoms with Gasteiger partial charge in [-0.15, -0.1) is 0 Å². The molecule has 0 amide bonds. The molecule has 1 unspecified atom stereocenters. The fourth-order valence-corrected chi connectivity index (χ4v) is 2.99. The maximum atomic E-state index is 5.75. The lowest BCUT2D eigenvalue weighted by molar-refractivity contribution is 0.00362. The first kappa shape index (κ1) is 16.2. The van der Waals surface area contributed by atoms with Crippen LogP contribution in [0.1, 0.15) is 30.9 Å².